The number of rotatable bonds is 5. The average molecular weight is 272 g/mol. The van der Waals surface area contributed by atoms with Gasteiger partial charge in [0.25, 0.3) is 0 Å². The third-order valence-corrected chi connectivity index (χ3v) is 2.21. The molecule has 1 rings (SSSR count). The number of methoxy groups -OCH3 is 1. The lowest BCUT2D eigenvalue weighted by atomic mass is 10.1. The predicted octanol–water partition coefficient (Wildman–Crippen LogP) is 2.28. The van der Waals surface area contributed by atoms with Gasteiger partial charge in [-0.1, -0.05) is 6.07 Å². The second kappa shape index (κ2) is 7.74. The second-order valence-electron chi connectivity index (χ2n) is 3.98. The van der Waals surface area contributed by atoms with Crippen LogP contribution in [0.3, 0.4) is 0 Å². The van der Waals surface area contributed by atoms with Gasteiger partial charge in [-0.25, -0.2) is 4.79 Å². The molecule has 0 amide bonds. The minimum atomic E-state index is -0.949. The third-order valence-electron chi connectivity index (χ3n) is 2.21. The molecule has 0 radical (unpaired) electrons. The summed E-state index contributed by atoms with van der Waals surface area (Å²) in [6.07, 6.45) is 2.70. The zero-order chi connectivity index (χ0) is 12.8. The molecule has 0 aliphatic rings. The first-order chi connectivity index (χ1) is 8.02. The van der Waals surface area contributed by atoms with E-state index in [0.717, 1.165) is 29.5 Å². The SMILES string of the molecule is COc1ccc(C=CC(=O)O)cc1CN(C)C.Cl. The van der Waals surface area contributed by atoms with Crippen molar-refractivity contribution < 1.29 is 14.6 Å². The first-order valence-electron chi connectivity index (χ1n) is 5.25. The molecule has 4 nitrogen and oxygen atoms in total. The Morgan fingerprint density at radius 2 is 2.11 bits per heavy atom. The Morgan fingerprint density at radius 1 is 1.44 bits per heavy atom. The zero-order valence-corrected chi connectivity index (χ0v) is 11.5. The largest absolute Gasteiger partial charge is 0.496 e. The predicted molar refractivity (Wildman–Crippen MR) is 74.3 cm³/mol. The van der Waals surface area contributed by atoms with Crippen LogP contribution < -0.4 is 4.74 Å². The number of aliphatic carboxylic acids is 1. The maximum absolute atomic E-state index is 10.4. The number of halogens is 1. The second-order valence-corrected chi connectivity index (χ2v) is 3.98. The van der Waals surface area contributed by atoms with Crippen molar-refractivity contribution >= 4 is 24.5 Å². The summed E-state index contributed by atoms with van der Waals surface area (Å²) in [6, 6.07) is 5.61. The highest BCUT2D eigenvalue weighted by Gasteiger charge is 2.04. The molecule has 0 atom stereocenters. The molecule has 0 saturated carbocycles. The average Bonchev–Trinajstić information content (AvgIpc) is 2.25. The van der Waals surface area contributed by atoms with E-state index in [1.165, 1.54) is 0 Å². The molecule has 0 spiro atoms. The fourth-order valence-electron chi connectivity index (χ4n) is 1.53. The van der Waals surface area contributed by atoms with E-state index in [0.29, 0.717) is 0 Å². The van der Waals surface area contributed by atoms with E-state index in [1.54, 1.807) is 13.2 Å². The van der Waals surface area contributed by atoms with Gasteiger partial charge < -0.3 is 14.7 Å². The van der Waals surface area contributed by atoms with Gasteiger partial charge in [0.1, 0.15) is 5.75 Å². The lowest BCUT2D eigenvalue weighted by Crippen LogP contribution is -2.11. The normalized spacial score (nSPS) is 10.4. The van der Waals surface area contributed by atoms with Crippen LogP contribution in [0.1, 0.15) is 11.1 Å². The summed E-state index contributed by atoms with van der Waals surface area (Å²) >= 11 is 0. The van der Waals surface area contributed by atoms with Crippen molar-refractivity contribution in [3.05, 3.63) is 35.4 Å². The van der Waals surface area contributed by atoms with Crippen molar-refractivity contribution in [1.29, 1.82) is 0 Å². The van der Waals surface area contributed by atoms with Crippen LogP contribution in [0.25, 0.3) is 6.08 Å². The minimum absolute atomic E-state index is 0. The molecule has 0 unspecified atom stereocenters. The van der Waals surface area contributed by atoms with Crippen molar-refractivity contribution in [2.45, 2.75) is 6.54 Å². The Kier molecular flexibility index (Phi) is 7.08. The lowest BCUT2D eigenvalue weighted by molar-refractivity contribution is -0.131. The summed E-state index contributed by atoms with van der Waals surface area (Å²) in [5.74, 6) is -0.138. The molecule has 5 heteroatoms. The third kappa shape index (κ3) is 5.21. The van der Waals surface area contributed by atoms with Crippen LogP contribution in [0.4, 0.5) is 0 Å². The van der Waals surface area contributed by atoms with E-state index < -0.39 is 5.97 Å². The van der Waals surface area contributed by atoms with Crippen molar-refractivity contribution in [2.75, 3.05) is 21.2 Å². The van der Waals surface area contributed by atoms with Gasteiger partial charge in [0.2, 0.25) is 0 Å². The summed E-state index contributed by atoms with van der Waals surface area (Å²) in [5, 5.41) is 8.57. The topological polar surface area (TPSA) is 49.8 Å². The van der Waals surface area contributed by atoms with Crippen LogP contribution in [-0.2, 0) is 11.3 Å². The van der Waals surface area contributed by atoms with Crippen molar-refractivity contribution in [3.8, 4) is 5.75 Å². The number of benzene rings is 1. The van der Waals surface area contributed by atoms with Crippen LogP contribution in [-0.4, -0.2) is 37.2 Å². The number of ether oxygens (including phenoxy) is 1. The number of carboxylic acids is 1. The van der Waals surface area contributed by atoms with E-state index in [2.05, 4.69) is 0 Å². The lowest BCUT2D eigenvalue weighted by Gasteiger charge is -2.14. The van der Waals surface area contributed by atoms with Gasteiger partial charge >= 0.3 is 5.97 Å². The highest BCUT2D eigenvalue weighted by atomic mass is 35.5. The first kappa shape index (κ1) is 16.5. The van der Waals surface area contributed by atoms with E-state index >= 15 is 0 Å². The van der Waals surface area contributed by atoms with Gasteiger partial charge in [-0.3, -0.25) is 0 Å². The van der Waals surface area contributed by atoms with E-state index in [-0.39, 0.29) is 12.4 Å². The van der Waals surface area contributed by atoms with Crippen LogP contribution >= 0.6 is 12.4 Å². The molecule has 1 aromatic rings. The summed E-state index contributed by atoms with van der Waals surface area (Å²) < 4.78 is 5.26. The fraction of sp³-hybridized carbons (Fsp3) is 0.308. The van der Waals surface area contributed by atoms with Gasteiger partial charge in [-0.05, 0) is 37.9 Å². The smallest absolute Gasteiger partial charge is 0.328 e. The quantitative estimate of drug-likeness (QED) is 0.835. The Hall–Kier alpha value is -1.52. The maximum atomic E-state index is 10.4. The molecule has 1 N–H and O–H groups in total. The zero-order valence-electron chi connectivity index (χ0n) is 10.7. The highest BCUT2D eigenvalue weighted by Crippen LogP contribution is 2.21. The summed E-state index contributed by atoms with van der Waals surface area (Å²) in [6.45, 7) is 0.748. The Bertz CT molecular complexity index is 430. The summed E-state index contributed by atoms with van der Waals surface area (Å²) in [5.41, 5.74) is 1.88. The molecule has 0 fully saturated rings. The van der Waals surface area contributed by atoms with Gasteiger partial charge in [0.05, 0.1) is 7.11 Å². The Morgan fingerprint density at radius 3 is 2.61 bits per heavy atom. The highest BCUT2D eigenvalue weighted by molar-refractivity contribution is 5.85. The molecule has 0 saturated heterocycles. The van der Waals surface area contributed by atoms with Gasteiger partial charge in [-0.15, -0.1) is 12.4 Å². The molecule has 18 heavy (non-hydrogen) atoms. The first-order valence-corrected chi connectivity index (χ1v) is 5.25. The fourth-order valence-corrected chi connectivity index (χ4v) is 1.53. The van der Waals surface area contributed by atoms with E-state index in [9.17, 15) is 4.79 Å². The number of carboxylic acid groups (broad SMARTS) is 1. The Labute approximate surface area is 113 Å². The number of hydrogen-bond donors (Lipinski definition) is 1. The van der Waals surface area contributed by atoms with Crippen molar-refractivity contribution in [2.24, 2.45) is 0 Å². The monoisotopic (exact) mass is 271 g/mol. The van der Waals surface area contributed by atoms with Crippen molar-refractivity contribution in [1.82, 2.24) is 4.90 Å². The molecular weight excluding hydrogens is 254 g/mol. The van der Waals surface area contributed by atoms with Crippen LogP contribution in [0.2, 0.25) is 0 Å². The standard InChI is InChI=1S/C13H17NO3.ClH/c1-14(2)9-11-8-10(5-7-13(15)16)4-6-12(11)17-3;/h4-8H,9H2,1-3H3,(H,15,16);1H. The van der Waals surface area contributed by atoms with Crippen molar-refractivity contribution in [3.63, 3.8) is 0 Å². The molecule has 0 aliphatic heterocycles. The van der Waals surface area contributed by atoms with Gasteiger partial charge in [-0.2, -0.15) is 0 Å². The molecule has 0 heterocycles. The molecular formula is C13H18ClNO3. The van der Waals surface area contributed by atoms with Crippen LogP contribution in [0.5, 0.6) is 5.75 Å². The number of carbonyl (C=O) groups is 1. The van der Waals surface area contributed by atoms with E-state index in [4.69, 9.17) is 9.84 Å². The molecule has 0 bridgehead atoms. The van der Waals surface area contributed by atoms with Crippen LogP contribution in [0, 0.1) is 0 Å². The molecule has 1 aromatic carbocycles. The Balaban J connectivity index is 0.00000289. The summed E-state index contributed by atoms with van der Waals surface area (Å²) in [4.78, 5) is 12.5. The number of hydrogen-bond acceptors (Lipinski definition) is 3. The van der Waals surface area contributed by atoms with Gasteiger partial charge in [0.15, 0.2) is 0 Å². The van der Waals surface area contributed by atoms with E-state index in [1.807, 2.05) is 37.2 Å². The molecule has 100 valence electrons. The molecule has 0 aromatic heterocycles. The van der Waals surface area contributed by atoms with Gasteiger partial charge in [0, 0.05) is 18.2 Å². The summed E-state index contributed by atoms with van der Waals surface area (Å²) in [7, 11) is 5.57. The van der Waals surface area contributed by atoms with Crippen LogP contribution in [0.15, 0.2) is 24.3 Å². The number of nitrogens with zero attached hydrogens (tertiary/aromatic N) is 1. The minimum Gasteiger partial charge on any atom is -0.496 e. The maximum Gasteiger partial charge on any atom is 0.328 e. The molecule has 0 aliphatic carbocycles.